The number of nitrogens with zero attached hydrogens (tertiary/aromatic N) is 1. The minimum absolute atomic E-state index is 0.114. The van der Waals surface area contributed by atoms with Gasteiger partial charge in [-0.25, -0.2) is 0 Å². The van der Waals surface area contributed by atoms with Crippen molar-refractivity contribution in [2.45, 2.75) is 38.7 Å². The Morgan fingerprint density at radius 3 is 2.71 bits per heavy atom. The second-order valence-electron chi connectivity index (χ2n) is 5.65. The van der Waals surface area contributed by atoms with E-state index in [0.717, 1.165) is 17.7 Å². The van der Waals surface area contributed by atoms with Gasteiger partial charge < -0.3 is 15.7 Å². The molecule has 2 rings (SSSR count). The molecular weight excluding hydrogens is 268 g/mol. The summed E-state index contributed by atoms with van der Waals surface area (Å²) in [7, 11) is 0. The van der Waals surface area contributed by atoms with E-state index in [1.807, 2.05) is 31.2 Å². The van der Waals surface area contributed by atoms with Gasteiger partial charge in [-0.2, -0.15) is 0 Å². The number of aliphatic hydroxyl groups is 1. The number of benzene rings is 1. The van der Waals surface area contributed by atoms with E-state index in [2.05, 4.69) is 0 Å². The normalized spacial score (nSPS) is 21.2. The molecule has 2 unspecified atom stereocenters. The molecule has 1 aromatic carbocycles. The average Bonchev–Trinajstić information content (AvgIpc) is 2.84. The molecule has 3 N–H and O–H groups in total. The maximum Gasteiger partial charge on any atom is 0.232 e. The SMILES string of the molecule is Cc1cccc(N(CCC(N)=O)C(=O)C2CCCC2O)c1. The third-order valence-corrected chi connectivity index (χ3v) is 3.96. The molecule has 0 aromatic heterocycles. The lowest BCUT2D eigenvalue weighted by Gasteiger charge is -2.27. The highest BCUT2D eigenvalue weighted by atomic mass is 16.3. The molecule has 1 fully saturated rings. The Bertz CT molecular complexity index is 530. The number of hydrogen-bond acceptors (Lipinski definition) is 3. The van der Waals surface area contributed by atoms with Gasteiger partial charge in [-0.15, -0.1) is 0 Å². The summed E-state index contributed by atoms with van der Waals surface area (Å²) in [5.41, 5.74) is 6.99. The van der Waals surface area contributed by atoms with E-state index < -0.39 is 12.0 Å². The molecule has 0 radical (unpaired) electrons. The van der Waals surface area contributed by atoms with Crippen molar-refractivity contribution in [1.82, 2.24) is 0 Å². The molecule has 2 atom stereocenters. The van der Waals surface area contributed by atoms with Crippen molar-refractivity contribution in [3.8, 4) is 0 Å². The molecule has 1 aromatic rings. The molecule has 1 aliphatic carbocycles. The number of nitrogens with two attached hydrogens (primary N) is 1. The molecule has 0 spiro atoms. The summed E-state index contributed by atoms with van der Waals surface area (Å²) < 4.78 is 0. The number of aliphatic hydroxyl groups excluding tert-OH is 1. The minimum atomic E-state index is -0.585. The van der Waals surface area contributed by atoms with Crippen molar-refractivity contribution in [3.63, 3.8) is 0 Å². The smallest absolute Gasteiger partial charge is 0.232 e. The van der Waals surface area contributed by atoms with Crippen molar-refractivity contribution in [2.24, 2.45) is 11.7 Å². The number of aryl methyl sites for hydroxylation is 1. The molecular formula is C16H22N2O3. The first kappa shape index (κ1) is 15.5. The van der Waals surface area contributed by atoms with Gasteiger partial charge in [-0.05, 0) is 43.9 Å². The van der Waals surface area contributed by atoms with E-state index in [-0.39, 0.29) is 24.8 Å². The molecule has 2 amide bonds. The van der Waals surface area contributed by atoms with Crippen molar-refractivity contribution in [2.75, 3.05) is 11.4 Å². The van der Waals surface area contributed by atoms with Gasteiger partial charge >= 0.3 is 0 Å². The first-order chi connectivity index (χ1) is 9.99. The molecule has 5 nitrogen and oxygen atoms in total. The van der Waals surface area contributed by atoms with E-state index in [0.29, 0.717) is 12.8 Å². The Morgan fingerprint density at radius 1 is 1.38 bits per heavy atom. The quantitative estimate of drug-likeness (QED) is 0.859. The summed E-state index contributed by atoms with van der Waals surface area (Å²) in [6, 6.07) is 7.57. The van der Waals surface area contributed by atoms with Gasteiger partial charge in [0.1, 0.15) is 0 Å². The van der Waals surface area contributed by atoms with E-state index in [1.54, 1.807) is 4.90 Å². The van der Waals surface area contributed by atoms with Crippen molar-refractivity contribution in [3.05, 3.63) is 29.8 Å². The van der Waals surface area contributed by atoms with Gasteiger partial charge in [0.2, 0.25) is 11.8 Å². The largest absolute Gasteiger partial charge is 0.392 e. The number of amides is 2. The Morgan fingerprint density at radius 2 is 2.14 bits per heavy atom. The number of hydrogen-bond donors (Lipinski definition) is 2. The summed E-state index contributed by atoms with van der Waals surface area (Å²) in [5, 5.41) is 9.95. The standard InChI is InChI=1S/C16H22N2O3/c1-11-4-2-5-12(10-11)18(9-8-15(17)20)16(21)13-6-3-7-14(13)19/h2,4-5,10,13-14,19H,3,6-9H2,1H3,(H2,17,20). The van der Waals surface area contributed by atoms with Crippen molar-refractivity contribution < 1.29 is 14.7 Å². The third kappa shape index (κ3) is 3.82. The van der Waals surface area contributed by atoms with Crippen LogP contribution >= 0.6 is 0 Å². The fourth-order valence-electron chi connectivity index (χ4n) is 2.81. The molecule has 21 heavy (non-hydrogen) atoms. The van der Waals surface area contributed by atoms with Crippen molar-refractivity contribution in [1.29, 1.82) is 0 Å². The zero-order valence-electron chi connectivity index (χ0n) is 12.3. The zero-order chi connectivity index (χ0) is 15.4. The third-order valence-electron chi connectivity index (χ3n) is 3.96. The highest BCUT2D eigenvalue weighted by Gasteiger charge is 2.34. The molecule has 0 saturated heterocycles. The lowest BCUT2D eigenvalue weighted by molar-refractivity contribution is -0.124. The molecule has 5 heteroatoms. The lowest BCUT2D eigenvalue weighted by atomic mass is 10.0. The highest BCUT2D eigenvalue weighted by Crippen LogP contribution is 2.29. The Kier molecular flexibility index (Phi) is 4.96. The summed E-state index contributed by atoms with van der Waals surface area (Å²) >= 11 is 0. The Balaban J connectivity index is 2.22. The topological polar surface area (TPSA) is 83.6 Å². The first-order valence-electron chi connectivity index (χ1n) is 7.33. The van der Waals surface area contributed by atoms with Crippen LogP contribution in [0.3, 0.4) is 0 Å². The first-order valence-corrected chi connectivity index (χ1v) is 7.33. The monoisotopic (exact) mass is 290 g/mol. The van der Waals surface area contributed by atoms with Crippen LogP contribution in [0.4, 0.5) is 5.69 Å². The van der Waals surface area contributed by atoms with E-state index >= 15 is 0 Å². The van der Waals surface area contributed by atoms with Gasteiger partial charge in [-0.1, -0.05) is 12.1 Å². The highest BCUT2D eigenvalue weighted by molar-refractivity contribution is 5.96. The van der Waals surface area contributed by atoms with Crippen LogP contribution in [0.25, 0.3) is 0 Å². The van der Waals surface area contributed by atoms with Crippen LogP contribution in [-0.4, -0.2) is 29.6 Å². The Labute approximate surface area is 124 Å². The van der Waals surface area contributed by atoms with E-state index in [1.165, 1.54) is 0 Å². The summed E-state index contributed by atoms with van der Waals surface area (Å²) in [6.07, 6.45) is 1.74. The molecule has 0 heterocycles. The molecule has 0 aliphatic heterocycles. The molecule has 0 bridgehead atoms. The van der Waals surface area contributed by atoms with Gasteiger partial charge in [0.25, 0.3) is 0 Å². The van der Waals surface area contributed by atoms with Gasteiger partial charge in [0, 0.05) is 18.7 Å². The average molecular weight is 290 g/mol. The molecule has 114 valence electrons. The Hall–Kier alpha value is -1.88. The fraction of sp³-hybridized carbons (Fsp3) is 0.500. The van der Waals surface area contributed by atoms with Crippen molar-refractivity contribution >= 4 is 17.5 Å². The van der Waals surface area contributed by atoms with Crippen LogP contribution in [-0.2, 0) is 9.59 Å². The predicted molar refractivity (Wildman–Crippen MR) is 80.7 cm³/mol. The van der Waals surface area contributed by atoms with E-state index in [4.69, 9.17) is 5.73 Å². The maximum absolute atomic E-state index is 12.7. The second-order valence-corrected chi connectivity index (χ2v) is 5.65. The number of anilines is 1. The van der Waals surface area contributed by atoms with E-state index in [9.17, 15) is 14.7 Å². The second kappa shape index (κ2) is 6.72. The summed E-state index contributed by atoms with van der Waals surface area (Å²) in [6.45, 7) is 2.20. The number of rotatable bonds is 5. The number of carbonyl (C=O) groups excluding carboxylic acids is 2. The van der Waals surface area contributed by atoms with Crippen LogP contribution < -0.4 is 10.6 Å². The number of primary amides is 1. The van der Waals surface area contributed by atoms with Crippen LogP contribution in [0.2, 0.25) is 0 Å². The minimum Gasteiger partial charge on any atom is -0.392 e. The lowest BCUT2D eigenvalue weighted by Crippen LogP contribution is -2.40. The zero-order valence-corrected chi connectivity index (χ0v) is 12.3. The van der Waals surface area contributed by atoms with Gasteiger partial charge in [-0.3, -0.25) is 9.59 Å². The van der Waals surface area contributed by atoms with Crippen LogP contribution in [0.1, 0.15) is 31.2 Å². The van der Waals surface area contributed by atoms with Gasteiger partial charge in [0.15, 0.2) is 0 Å². The van der Waals surface area contributed by atoms with Gasteiger partial charge in [0.05, 0.1) is 12.0 Å². The van der Waals surface area contributed by atoms with Crippen LogP contribution in [0.15, 0.2) is 24.3 Å². The number of carbonyl (C=O) groups is 2. The van der Waals surface area contributed by atoms with Crippen LogP contribution in [0.5, 0.6) is 0 Å². The molecule has 1 saturated carbocycles. The summed E-state index contributed by atoms with van der Waals surface area (Å²) in [5.74, 6) is -0.933. The molecule has 1 aliphatic rings. The fourth-order valence-corrected chi connectivity index (χ4v) is 2.81. The predicted octanol–water partition coefficient (Wildman–Crippen LogP) is 1.36. The van der Waals surface area contributed by atoms with Crippen LogP contribution in [0, 0.1) is 12.8 Å². The maximum atomic E-state index is 12.7. The summed E-state index contributed by atoms with van der Waals surface area (Å²) in [4.78, 5) is 25.3.